The highest BCUT2D eigenvalue weighted by Crippen LogP contribution is 2.52. The summed E-state index contributed by atoms with van der Waals surface area (Å²) >= 11 is 1.56. The minimum absolute atomic E-state index is 0.0374. The fraction of sp³-hybridized carbons (Fsp3) is 0.630. The van der Waals surface area contributed by atoms with Gasteiger partial charge in [-0.05, 0) is 56.2 Å². The van der Waals surface area contributed by atoms with Crippen molar-refractivity contribution in [3.63, 3.8) is 0 Å². The fourth-order valence-electron chi connectivity index (χ4n) is 6.82. The number of carbonyl (C=O) groups excluding carboxylic acids is 1. The number of aromatic amines is 1. The van der Waals surface area contributed by atoms with Gasteiger partial charge >= 0.3 is 0 Å². The first-order chi connectivity index (χ1) is 16.7. The third-order valence-electron chi connectivity index (χ3n) is 8.43. The zero-order chi connectivity index (χ0) is 23.5. The maximum absolute atomic E-state index is 12.5. The topological polar surface area (TPSA) is 70.2 Å². The molecule has 2 fully saturated rings. The van der Waals surface area contributed by atoms with Gasteiger partial charge in [0, 0.05) is 36.2 Å². The first kappa shape index (κ1) is 23.9. The molecule has 5 rings (SSSR count). The van der Waals surface area contributed by atoms with Gasteiger partial charge in [0.15, 0.2) is 0 Å². The standard InChI is InChI=1S/C27H38N4O2S/c1-33-26-25(29-23(32)18-34-2)21-10-6-7-11-22(21)27(26)12-14-31(15-13-27)17-20-16-28-30-24(20)19-8-4-3-5-9-19/h6-7,10-11,16,19,25-26H,3-5,8-9,12-15,17-18H2,1-2H3,(H,28,30)(H,29,32)/t25-,26+/m0/s1. The molecule has 1 amide bonds. The molecule has 0 bridgehead atoms. The largest absolute Gasteiger partial charge is 0.378 e. The Bertz CT molecular complexity index is 979. The second-order valence-corrected chi connectivity index (χ2v) is 11.2. The number of hydrogen-bond donors (Lipinski definition) is 2. The zero-order valence-electron chi connectivity index (χ0n) is 20.5. The minimum atomic E-state index is -0.0841. The number of benzene rings is 1. The summed E-state index contributed by atoms with van der Waals surface area (Å²) in [4.78, 5) is 15.1. The third kappa shape index (κ3) is 4.42. The van der Waals surface area contributed by atoms with Crippen molar-refractivity contribution in [1.29, 1.82) is 0 Å². The lowest BCUT2D eigenvalue weighted by atomic mass is 9.71. The van der Waals surface area contributed by atoms with Gasteiger partial charge in [-0.1, -0.05) is 43.5 Å². The first-order valence-electron chi connectivity index (χ1n) is 12.8. The van der Waals surface area contributed by atoms with E-state index in [1.165, 1.54) is 54.5 Å². The molecular formula is C27H38N4O2S. The number of likely N-dealkylation sites (tertiary alicyclic amines) is 1. The van der Waals surface area contributed by atoms with Gasteiger partial charge in [-0.2, -0.15) is 16.9 Å². The van der Waals surface area contributed by atoms with Crippen LogP contribution < -0.4 is 5.32 Å². The van der Waals surface area contributed by atoms with Gasteiger partial charge in [0.2, 0.25) is 5.91 Å². The van der Waals surface area contributed by atoms with E-state index in [2.05, 4.69) is 50.9 Å². The molecule has 6 nitrogen and oxygen atoms in total. The SMILES string of the molecule is CO[C@@H]1[C@@H](NC(=O)CSC)c2ccccc2C12CCN(Cc1cn[nH]c1C1CCCCC1)CC2. The number of hydrogen-bond acceptors (Lipinski definition) is 5. The molecule has 2 aliphatic carbocycles. The third-order valence-corrected chi connectivity index (χ3v) is 8.98. The maximum atomic E-state index is 12.5. The van der Waals surface area contributed by atoms with E-state index in [1.54, 1.807) is 18.9 Å². The molecule has 2 N–H and O–H groups in total. The van der Waals surface area contributed by atoms with Gasteiger partial charge in [0.05, 0.1) is 24.1 Å². The van der Waals surface area contributed by atoms with Crippen LogP contribution in [0.25, 0.3) is 0 Å². The van der Waals surface area contributed by atoms with Crippen LogP contribution >= 0.6 is 11.8 Å². The number of piperidine rings is 1. The van der Waals surface area contributed by atoms with Crippen molar-refractivity contribution >= 4 is 17.7 Å². The average Bonchev–Trinajstić information content (AvgIpc) is 3.42. The molecule has 1 saturated carbocycles. The summed E-state index contributed by atoms with van der Waals surface area (Å²) in [5, 5.41) is 11.1. The van der Waals surface area contributed by atoms with Gasteiger partial charge in [0.25, 0.3) is 0 Å². The second-order valence-electron chi connectivity index (χ2n) is 10.3. The molecule has 0 radical (unpaired) electrons. The molecule has 7 heteroatoms. The summed E-state index contributed by atoms with van der Waals surface area (Å²) in [5.74, 6) is 1.20. The molecule has 2 heterocycles. The summed E-state index contributed by atoms with van der Waals surface area (Å²) in [6.45, 7) is 3.01. The van der Waals surface area contributed by atoms with E-state index in [-0.39, 0.29) is 23.5 Å². The summed E-state index contributed by atoms with van der Waals surface area (Å²) in [5.41, 5.74) is 5.29. The van der Waals surface area contributed by atoms with Crippen LogP contribution in [0.3, 0.4) is 0 Å². The summed E-state index contributed by atoms with van der Waals surface area (Å²) < 4.78 is 6.16. The normalized spacial score (nSPS) is 24.9. The van der Waals surface area contributed by atoms with E-state index in [4.69, 9.17) is 4.74 Å². The number of H-pyrrole nitrogens is 1. The van der Waals surface area contributed by atoms with E-state index >= 15 is 0 Å². The van der Waals surface area contributed by atoms with Crippen LogP contribution in [0.4, 0.5) is 0 Å². The molecular weight excluding hydrogens is 444 g/mol. The predicted molar refractivity (Wildman–Crippen MR) is 137 cm³/mol. The molecule has 184 valence electrons. The van der Waals surface area contributed by atoms with Crippen molar-refractivity contribution in [3.05, 3.63) is 52.8 Å². The number of fused-ring (bicyclic) bond motifs is 2. The molecule has 0 unspecified atom stereocenters. The summed E-state index contributed by atoms with van der Waals surface area (Å²) in [6.07, 6.45) is 12.7. The number of nitrogens with zero attached hydrogens (tertiary/aromatic N) is 2. The van der Waals surface area contributed by atoms with E-state index in [9.17, 15) is 4.79 Å². The van der Waals surface area contributed by atoms with Gasteiger partial charge in [-0.3, -0.25) is 14.8 Å². The lowest BCUT2D eigenvalue weighted by Gasteiger charge is -2.44. The van der Waals surface area contributed by atoms with Crippen molar-refractivity contribution < 1.29 is 9.53 Å². The number of ether oxygens (including phenoxy) is 1. The summed E-state index contributed by atoms with van der Waals surface area (Å²) in [7, 11) is 1.81. The van der Waals surface area contributed by atoms with Crippen LogP contribution in [0.1, 0.15) is 79.3 Å². The number of carbonyl (C=O) groups is 1. The number of methoxy groups -OCH3 is 1. The van der Waals surface area contributed by atoms with Crippen molar-refractivity contribution in [1.82, 2.24) is 20.4 Å². The monoisotopic (exact) mass is 482 g/mol. The molecule has 2 atom stereocenters. The Morgan fingerprint density at radius 2 is 2.00 bits per heavy atom. The highest BCUT2D eigenvalue weighted by molar-refractivity contribution is 7.99. The molecule has 34 heavy (non-hydrogen) atoms. The average molecular weight is 483 g/mol. The minimum Gasteiger partial charge on any atom is -0.378 e. The number of aromatic nitrogens is 2. The van der Waals surface area contributed by atoms with Gasteiger partial charge in [-0.25, -0.2) is 0 Å². The Balaban J connectivity index is 1.32. The Morgan fingerprint density at radius 3 is 2.74 bits per heavy atom. The molecule has 2 aromatic rings. The molecule has 1 aromatic carbocycles. The van der Waals surface area contributed by atoms with E-state index in [0.717, 1.165) is 32.5 Å². The van der Waals surface area contributed by atoms with Gasteiger partial charge < -0.3 is 10.1 Å². The van der Waals surface area contributed by atoms with Crippen molar-refractivity contribution in [2.45, 2.75) is 75.0 Å². The van der Waals surface area contributed by atoms with Crippen LogP contribution in [0.2, 0.25) is 0 Å². The van der Waals surface area contributed by atoms with Gasteiger partial charge in [-0.15, -0.1) is 0 Å². The Labute approximate surface area is 207 Å². The number of thioether (sulfide) groups is 1. The van der Waals surface area contributed by atoms with E-state index in [0.29, 0.717) is 11.7 Å². The van der Waals surface area contributed by atoms with Crippen molar-refractivity contribution in [2.75, 3.05) is 32.2 Å². The smallest absolute Gasteiger partial charge is 0.230 e. The van der Waals surface area contributed by atoms with Crippen LogP contribution in [-0.4, -0.2) is 59.3 Å². The van der Waals surface area contributed by atoms with Crippen LogP contribution in [0.15, 0.2) is 30.5 Å². The predicted octanol–water partition coefficient (Wildman–Crippen LogP) is 4.54. The van der Waals surface area contributed by atoms with Crippen LogP contribution in [0, 0.1) is 0 Å². The van der Waals surface area contributed by atoms with Crippen molar-refractivity contribution in [3.8, 4) is 0 Å². The van der Waals surface area contributed by atoms with Crippen LogP contribution in [-0.2, 0) is 21.5 Å². The number of nitrogens with one attached hydrogen (secondary N) is 2. The van der Waals surface area contributed by atoms with E-state index < -0.39 is 0 Å². The van der Waals surface area contributed by atoms with E-state index in [1.807, 2.05) is 6.26 Å². The molecule has 1 aromatic heterocycles. The second kappa shape index (κ2) is 10.4. The Morgan fingerprint density at radius 1 is 1.24 bits per heavy atom. The lowest BCUT2D eigenvalue weighted by Crippen LogP contribution is -2.50. The fourth-order valence-corrected chi connectivity index (χ4v) is 7.16. The zero-order valence-corrected chi connectivity index (χ0v) is 21.3. The Hall–Kier alpha value is -1.83. The van der Waals surface area contributed by atoms with Crippen molar-refractivity contribution in [2.24, 2.45) is 0 Å². The van der Waals surface area contributed by atoms with Gasteiger partial charge in [0.1, 0.15) is 0 Å². The Kier molecular flexibility index (Phi) is 7.32. The highest BCUT2D eigenvalue weighted by atomic mass is 32.2. The quantitative estimate of drug-likeness (QED) is 0.606. The first-order valence-corrected chi connectivity index (χ1v) is 14.2. The summed E-state index contributed by atoms with van der Waals surface area (Å²) in [6, 6.07) is 8.56. The number of amides is 1. The highest BCUT2D eigenvalue weighted by Gasteiger charge is 2.53. The molecule has 3 aliphatic rings. The molecule has 1 spiro atoms. The van der Waals surface area contributed by atoms with Crippen LogP contribution in [0.5, 0.6) is 0 Å². The molecule has 1 saturated heterocycles. The molecule has 1 aliphatic heterocycles. The maximum Gasteiger partial charge on any atom is 0.230 e. The lowest BCUT2D eigenvalue weighted by molar-refractivity contribution is -0.121. The number of rotatable bonds is 7.